The molecular weight excluding hydrogens is 360 g/mol. The van der Waals surface area contributed by atoms with Gasteiger partial charge >= 0.3 is 0 Å². The van der Waals surface area contributed by atoms with E-state index in [1.54, 1.807) is 0 Å². The highest BCUT2D eigenvalue weighted by molar-refractivity contribution is 4.93. The fourth-order valence-corrected chi connectivity index (χ4v) is 2.75. The average molecular weight is 386 g/mol. The van der Waals surface area contributed by atoms with E-state index in [1.807, 2.05) is 0 Å². The number of ether oxygens (including phenoxy) is 4. The van der Waals surface area contributed by atoms with E-state index < -0.39 is 81.2 Å². The van der Waals surface area contributed by atoms with Crippen LogP contribution in [0.3, 0.4) is 0 Å². The SMILES string of the molecule is OCC(O)COC1OC(CO)C(OC2OC(CO)C(O)C2O)C(O)C1O. The first-order chi connectivity index (χ1) is 12.3. The molecule has 12 nitrogen and oxygen atoms in total. The number of aliphatic hydroxyl groups is 8. The zero-order valence-corrected chi connectivity index (χ0v) is 13.8. The van der Waals surface area contributed by atoms with Gasteiger partial charge in [-0.15, -0.1) is 0 Å². The molecule has 154 valence electrons. The van der Waals surface area contributed by atoms with Crippen LogP contribution in [0.4, 0.5) is 0 Å². The van der Waals surface area contributed by atoms with Crippen molar-refractivity contribution in [2.45, 2.75) is 61.4 Å². The van der Waals surface area contributed by atoms with Gasteiger partial charge in [-0.05, 0) is 0 Å². The minimum atomic E-state index is -1.63. The second-order valence-electron chi connectivity index (χ2n) is 6.18. The van der Waals surface area contributed by atoms with Crippen LogP contribution >= 0.6 is 0 Å². The molecule has 8 N–H and O–H groups in total. The van der Waals surface area contributed by atoms with Crippen LogP contribution in [0, 0.1) is 0 Å². The first kappa shape index (κ1) is 21.8. The normalized spacial score (nSPS) is 45.0. The van der Waals surface area contributed by atoms with Crippen LogP contribution < -0.4 is 0 Å². The van der Waals surface area contributed by atoms with Crippen LogP contribution in [-0.2, 0) is 18.9 Å². The smallest absolute Gasteiger partial charge is 0.187 e. The molecular formula is C14H26O12. The molecule has 2 saturated heterocycles. The Morgan fingerprint density at radius 3 is 1.88 bits per heavy atom. The first-order valence-corrected chi connectivity index (χ1v) is 8.14. The Hall–Kier alpha value is -0.480. The average Bonchev–Trinajstić information content (AvgIpc) is 2.92. The Labute approximate surface area is 148 Å². The van der Waals surface area contributed by atoms with Gasteiger partial charge in [-0.3, -0.25) is 0 Å². The molecule has 10 atom stereocenters. The quantitative estimate of drug-likeness (QED) is 0.197. The number of hydrogen-bond donors (Lipinski definition) is 8. The molecule has 2 fully saturated rings. The predicted octanol–water partition coefficient (Wildman–Crippen LogP) is -5.38. The van der Waals surface area contributed by atoms with E-state index in [0.717, 1.165) is 0 Å². The molecule has 0 bridgehead atoms. The molecule has 0 amide bonds. The van der Waals surface area contributed by atoms with Gasteiger partial charge in [0.05, 0.1) is 26.4 Å². The van der Waals surface area contributed by atoms with Crippen molar-refractivity contribution in [2.75, 3.05) is 26.4 Å². The molecule has 0 radical (unpaired) electrons. The van der Waals surface area contributed by atoms with Crippen molar-refractivity contribution in [3.8, 4) is 0 Å². The van der Waals surface area contributed by atoms with Crippen LogP contribution in [0.2, 0.25) is 0 Å². The lowest BCUT2D eigenvalue weighted by molar-refractivity contribution is -0.332. The minimum absolute atomic E-state index is 0.385. The standard InChI is InChI=1S/C14H26O12/c15-1-5(18)4-23-13-11(22)9(20)12(7(3-17)25-13)26-14-10(21)8(19)6(2-16)24-14/h5-22H,1-4H2. The maximum atomic E-state index is 10.3. The summed E-state index contributed by atoms with van der Waals surface area (Å²) in [7, 11) is 0. The Morgan fingerprint density at radius 1 is 0.769 bits per heavy atom. The topological polar surface area (TPSA) is 199 Å². The third-order valence-corrected chi connectivity index (χ3v) is 4.27. The Bertz CT molecular complexity index is 423. The lowest BCUT2D eigenvalue weighted by atomic mass is 9.99. The third-order valence-electron chi connectivity index (χ3n) is 4.27. The second-order valence-corrected chi connectivity index (χ2v) is 6.18. The fraction of sp³-hybridized carbons (Fsp3) is 1.00. The summed E-state index contributed by atoms with van der Waals surface area (Å²) in [5.41, 5.74) is 0. The van der Waals surface area contributed by atoms with Crippen molar-refractivity contribution in [1.82, 2.24) is 0 Å². The van der Waals surface area contributed by atoms with Gasteiger partial charge in [0.2, 0.25) is 0 Å². The number of hydrogen-bond acceptors (Lipinski definition) is 12. The molecule has 2 heterocycles. The van der Waals surface area contributed by atoms with E-state index in [-0.39, 0.29) is 6.61 Å². The van der Waals surface area contributed by atoms with Crippen molar-refractivity contribution in [3.05, 3.63) is 0 Å². The maximum Gasteiger partial charge on any atom is 0.187 e. The van der Waals surface area contributed by atoms with Crippen LogP contribution in [0.1, 0.15) is 0 Å². The van der Waals surface area contributed by atoms with E-state index >= 15 is 0 Å². The lowest BCUT2D eigenvalue weighted by Gasteiger charge is -2.42. The largest absolute Gasteiger partial charge is 0.394 e. The van der Waals surface area contributed by atoms with E-state index in [4.69, 9.17) is 29.2 Å². The molecule has 0 aromatic carbocycles. The Kier molecular flexibility index (Phi) is 8.08. The van der Waals surface area contributed by atoms with Gasteiger partial charge in [0, 0.05) is 0 Å². The lowest BCUT2D eigenvalue weighted by Crippen LogP contribution is -2.61. The summed E-state index contributed by atoms with van der Waals surface area (Å²) < 4.78 is 20.9. The van der Waals surface area contributed by atoms with Crippen LogP contribution in [-0.4, -0.2) is 129 Å². The zero-order chi connectivity index (χ0) is 19.4. The van der Waals surface area contributed by atoms with Crippen molar-refractivity contribution in [2.24, 2.45) is 0 Å². The van der Waals surface area contributed by atoms with Gasteiger partial charge in [0.1, 0.15) is 48.8 Å². The molecule has 0 aromatic heterocycles. The summed E-state index contributed by atoms with van der Waals surface area (Å²) in [6.45, 7) is -2.18. The van der Waals surface area contributed by atoms with Gasteiger partial charge in [-0.2, -0.15) is 0 Å². The van der Waals surface area contributed by atoms with Gasteiger partial charge < -0.3 is 59.8 Å². The van der Waals surface area contributed by atoms with Crippen LogP contribution in [0.5, 0.6) is 0 Å². The fourth-order valence-electron chi connectivity index (χ4n) is 2.75. The third kappa shape index (κ3) is 4.67. The molecule has 0 saturated carbocycles. The van der Waals surface area contributed by atoms with Crippen molar-refractivity contribution >= 4 is 0 Å². The summed E-state index contributed by atoms with van der Waals surface area (Å²) in [5, 5.41) is 76.5. The van der Waals surface area contributed by atoms with E-state index in [0.29, 0.717) is 0 Å². The van der Waals surface area contributed by atoms with E-state index in [2.05, 4.69) is 0 Å². The molecule has 26 heavy (non-hydrogen) atoms. The Balaban J connectivity index is 2.01. The molecule has 0 spiro atoms. The van der Waals surface area contributed by atoms with E-state index in [1.165, 1.54) is 0 Å². The molecule has 0 aliphatic carbocycles. The summed E-state index contributed by atoms with van der Waals surface area (Å²) in [4.78, 5) is 0. The van der Waals surface area contributed by atoms with Crippen molar-refractivity contribution < 1.29 is 59.8 Å². The maximum absolute atomic E-state index is 10.3. The van der Waals surface area contributed by atoms with Crippen molar-refractivity contribution in [1.29, 1.82) is 0 Å². The number of aliphatic hydroxyl groups excluding tert-OH is 8. The highest BCUT2D eigenvalue weighted by atomic mass is 16.7. The predicted molar refractivity (Wildman–Crippen MR) is 79.4 cm³/mol. The second kappa shape index (κ2) is 9.64. The summed E-state index contributed by atoms with van der Waals surface area (Å²) in [5.74, 6) is 0. The molecule has 2 aliphatic rings. The van der Waals surface area contributed by atoms with Crippen molar-refractivity contribution in [3.63, 3.8) is 0 Å². The van der Waals surface area contributed by atoms with Gasteiger partial charge in [-0.25, -0.2) is 0 Å². The first-order valence-electron chi connectivity index (χ1n) is 8.14. The van der Waals surface area contributed by atoms with Crippen LogP contribution in [0.25, 0.3) is 0 Å². The van der Waals surface area contributed by atoms with E-state index in [9.17, 15) is 30.6 Å². The van der Waals surface area contributed by atoms with Gasteiger partial charge in [-0.1, -0.05) is 0 Å². The zero-order valence-electron chi connectivity index (χ0n) is 13.8. The Morgan fingerprint density at radius 2 is 1.35 bits per heavy atom. The molecule has 12 heteroatoms. The highest BCUT2D eigenvalue weighted by Crippen LogP contribution is 2.29. The van der Waals surface area contributed by atoms with Gasteiger partial charge in [0.15, 0.2) is 12.6 Å². The minimum Gasteiger partial charge on any atom is -0.394 e. The highest BCUT2D eigenvalue weighted by Gasteiger charge is 2.50. The monoisotopic (exact) mass is 386 g/mol. The summed E-state index contributed by atoms with van der Waals surface area (Å²) >= 11 is 0. The summed E-state index contributed by atoms with van der Waals surface area (Å²) in [6.07, 6.45) is -13.9. The van der Waals surface area contributed by atoms with Gasteiger partial charge in [0.25, 0.3) is 0 Å². The molecule has 10 unspecified atom stereocenters. The molecule has 2 aliphatic heterocycles. The number of rotatable bonds is 8. The summed E-state index contributed by atoms with van der Waals surface area (Å²) in [6, 6.07) is 0. The molecule has 2 rings (SSSR count). The van der Waals surface area contributed by atoms with Crippen LogP contribution in [0.15, 0.2) is 0 Å². The molecule has 0 aromatic rings.